The molecule has 0 radical (unpaired) electrons. The molecule has 2 rings (SSSR count). The zero-order valence-corrected chi connectivity index (χ0v) is 10.8. The van der Waals surface area contributed by atoms with Gasteiger partial charge in [0, 0.05) is 0 Å². The van der Waals surface area contributed by atoms with Crippen molar-refractivity contribution in [3.8, 4) is 11.1 Å². The van der Waals surface area contributed by atoms with Crippen molar-refractivity contribution in [3.63, 3.8) is 0 Å². The van der Waals surface area contributed by atoms with E-state index in [-0.39, 0.29) is 0 Å². The summed E-state index contributed by atoms with van der Waals surface area (Å²) >= 11 is 1.31. The van der Waals surface area contributed by atoms with Crippen LogP contribution < -0.4 is 0 Å². The molecule has 0 unspecified atom stereocenters. The fourth-order valence-corrected chi connectivity index (χ4v) is 1.26. The second-order valence-electron chi connectivity index (χ2n) is 2.73. The van der Waals surface area contributed by atoms with Crippen LogP contribution in [0, 0.1) is 0 Å². The number of rotatable bonds is 1. The number of hydrogen-bond donors (Lipinski definition) is 0. The van der Waals surface area contributed by atoms with E-state index in [9.17, 15) is 0 Å². The van der Waals surface area contributed by atoms with Crippen molar-refractivity contribution in [1.82, 2.24) is 0 Å². The predicted octanol–water partition coefficient (Wildman–Crippen LogP) is 3.56. The Morgan fingerprint density at radius 2 is 0.857 bits per heavy atom. The summed E-state index contributed by atoms with van der Waals surface area (Å²) in [6, 6.07) is 20.8. The molecular formula is C13H13Na. The van der Waals surface area contributed by atoms with E-state index in [0.717, 1.165) is 0 Å². The van der Waals surface area contributed by atoms with Crippen molar-refractivity contribution >= 4 is 27.9 Å². The fraction of sp³-hybridized carbons (Fsp3) is 0.0769. The third-order valence-corrected chi connectivity index (χ3v) is 1.88. The zero-order chi connectivity index (χ0) is 10.2. The van der Waals surface area contributed by atoms with Crippen LogP contribution >= 0.6 is 0 Å². The van der Waals surface area contributed by atoms with Gasteiger partial charge in [-0.2, -0.15) is 0 Å². The molecule has 0 fully saturated rings. The maximum absolute atomic E-state index is 2.14. The van der Waals surface area contributed by atoms with Gasteiger partial charge in [-0.3, -0.25) is 0 Å². The van der Waals surface area contributed by atoms with Gasteiger partial charge in [0.25, 0.3) is 0 Å². The summed E-state index contributed by atoms with van der Waals surface area (Å²) in [7, 11) is 0. The quantitative estimate of drug-likeness (QED) is 0.606. The SMILES string of the molecule is [CH3][Na].c1ccc(-c2ccccc2)cc1. The first-order valence-corrected chi connectivity index (χ1v) is 7.07. The van der Waals surface area contributed by atoms with Crippen molar-refractivity contribution in [1.29, 1.82) is 0 Å². The average Bonchev–Trinajstić information content (AvgIpc) is 2.34. The minimum atomic E-state index is 1.28. The predicted molar refractivity (Wildman–Crippen MR) is 63.5 cm³/mol. The minimum Gasteiger partial charge on any atom is -0.0622 e. The molecule has 0 atom stereocenters. The van der Waals surface area contributed by atoms with Crippen LogP contribution in [-0.2, 0) is 0 Å². The molecule has 0 amide bonds. The minimum absolute atomic E-state index is 1.28. The van der Waals surface area contributed by atoms with Crippen molar-refractivity contribution in [2.24, 2.45) is 0 Å². The Labute approximate surface area is 103 Å². The van der Waals surface area contributed by atoms with Crippen molar-refractivity contribution in [3.05, 3.63) is 60.7 Å². The van der Waals surface area contributed by atoms with Gasteiger partial charge in [0.2, 0.25) is 0 Å². The molecular weight excluding hydrogens is 179 g/mol. The molecule has 0 aliphatic carbocycles. The molecule has 0 aromatic heterocycles. The Morgan fingerprint density at radius 3 is 1.14 bits per heavy atom. The van der Waals surface area contributed by atoms with Crippen molar-refractivity contribution in [2.75, 3.05) is 0 Å². The summed E-state index contributed by atoms with van der Waals surface area (Å²) in [6.45, 7) is 0. The van der Waals surface area contributed by atoms with Gasteiger partial charge in [-0.25, -0.2) is 0 Å². The summed E-state index contributed by atoms with van der Waals surface area (Å²) in [6.07, 6.45) is 0. The Kier molecular flexibility index (Phi) is 5.62. The second-order valence-corrected chi connectivity index (χ2v) is 2.73. The molecule has 14 heavy (non-hydrogen) atoms. The smallest absolute Gasteiger partial charge is 0.0184 e. The van der Waals surface area contributed by atoms with E-state index in [1.165, 1.54) is 39.1 Å². The van der Waals surface area contributed by atoms with E-state index in [2.05, 4.69) is 52.7 Å². The Morgan fingerprint density at radius 1 is 0.571 bits per heavy atom. The monoisotopic (exact) mass is 192 g/mol. The van der Waals surface area contributed by atoms with Crippen LogP contribution in [0.3, 0.4) is 0 Å². The Balaban J connectivity index is 0.000000461. The maximum atomic E-state index is 2.14. The van der Waals surface area contributed by atoms with Gasteiger partial charge in [0.05, 0.1) is 0 Å². The molecule has 0 heterocycles. The molecule has 0 saturated carbocycles. The normalized spacial score (nSPS) is 8.79. The van der Waals surface area contributed by atoms with Crippen LogP contribution in [-0.4, -0.2) is 27.9 Å². The van der Waals surface area contributed by atoms with E-state index in [1.54, 1.807) is 0 Å². The standard InChI is InChI=1S/C12H10.CH3.Na/c1-3-7-11(8-4-1)12-9-5-2-6-10-12;;/h1-10H;1H3;. The summed E-state index contributed by atoms with van der Waals surface area (Å²) in [5.74, 6) is 0. The number of hydrogen-bond acceptors (Lipinski definition) is 0. The second kappa shape index (κ2) is 6.83. The van der Waals surface area contributed by atoms with Crippen LogP contribution in [0.5, 0.6) is 0 Å². The van der Waals surface area contributed by atoms with Gasteiger partial charge in [-0.1, -0.05) is 60.7 Å². The van der Waals surface area contributed by atoms with Gasteiger partial charge in [-0.05, 0) is 11.1 Å². The van der Waals surface area contributed by atoms with E-state index >= 15 is 0 Å². The van der Waals surface area contributed by atoms with Crippen molar-refractivity contribution < 1.29 is 0 Å². The van der Waals surface area contributed by atoms with E-state index < -0.39 is 0 Å². The van der Waals surface area contributed by atoms with Crippen LogP contribution in [0.25, 0.3) is 11.1 Å². The average molecular weight is 192 g/mol. The van der Waals surface area contributed by atoms with Gasteiger partial charge in [0.1, 0.15) is 0 Å². The van der Waals surface area contributed by atoms with Gasteiger partial charge >= 0.3 is 32.1 Å². The number of benzene rings is 2. The first-order valence-electron chi connectivity index (χ1n) is 5.07. The van der Waals surface area contributed by atoms with Gasteiger partial charge in [-0.15, -0.1) is 0 Å². The molecule has 2 aromatic carbocycles. The topological polar surface area (TPSA) is 0 Å². The maximum Gasteiger partial charge on any atom is -0.0184 e. The summed E-state index contributed by atoms with van der Waals surface area (Å²) in [5, 5.41) is 0. The molecule has 0 nitrogen and oxygen atoms in total. The fourth-order valence-electron chi connectivity index (χ4n) is 1.26. The molecule has 1 heteroatoms. The molecule has 0 aliphatic heterocycles. The van der Waals surface area contributed by atoms with E-state index in [0.29, 0.717) is 0 Å². The Bertz CT molecular complexity index is 303. The molecule has 66 valence electrons. The summed E-state index contributed by atoms with van der Waals surface area (Å²) in [4.78, 5) is 0. The summed E-state index contributed by atoms with van der Waals surface area (Å²) < 4.78 is 2.14. The molecule has 0 aliphatic rings. The molecule has 0 saturated heterocycles. The zero-order valence-electron chi connectivity index (χ0n) is 8.77. The van der Waals surface area contributed by atoms with Crippen LogP contribution in [0.15, 0.2) is 60.7 Å². The first-order chi connectivity index (χ1) is 6.97. The molecule has 0 spiro atoms. The van der Waals surface area contributed by atoms with E-state index in [4.69, 9.17) is 0 Å². The molecule has 2 aromatic rings. The first kappa shape index (κ1) is 11.5. The van der Waals surface area contributed by atoms with Crippen LogP contribution in [0.1, 0.15) is 0 Å². The third kappa shape index (κ3) is 3.30. The van der Waals surface area contributed by atoms with Gasteiger partial charge < -0.3 is 0 Å². The van der Waals surface area contributed by atoms with Gasteiger partial charge in [0.15, 0.2) is 0 Å². The van der Waals surface area contributed by atoms with Crippen LogP contribution in [0.2, 0.25) is 4.17 Å². The Hall–Kier alpha value is -0.560. The van der Waals surface area contributed by atoms with Crippen LogP contribution in [0.4, 0.5) is 0 Å². The largest absolute Gasteiger partial charge is 0.0622 e. The molecule has 0 N–H and O–H groups in total. The third-order valence-electron chi connectivity index (χ3n) is 1.88. The van der Waals surface area contributed by atoms with Crippen molar-refractivity contribution in [2.45, 2.75) is 4.17 Å². The summed E-state index contributed by atoms with van der Waals surface area (Å²) in [5.41, 5.74) is 2.55. The molecule has 0 bridgehead atoms. The van der Waals surface area contributed by atoms with E-state index in [1.807, 2.05) is 12.1 Å².